The van der Waals surface area contributed by atoms with Gasteiger partial charge in [-0.2, -0.15) is 0 Å². The van der Waals surface area contributed by atoms with Crippen molar-refractivity contribution in [2.24, 2.45) is 5.92 Å². The molecule has 7 nitrogen and oxygen atoms in total. The Morgan fingerprint density at radius 1 is 1.14 bits per heavy atom. The van der Waals surface area contributed by atoms with E-state index in [0.29, 0.717) is 13.2 Å². The molecule has 3 heterocycles. The molecule has 0 saturated carbocycles. The van der Waals surface area contributed by atoms with Crippen LogP contribution in [0.2, 0.25) is 0 Å². The first kappa shape index (κ1) is 25.2. The van der Waals surface area contributed by atoms with Gasteiger partial charge in [0.2, 0.25) is 0 Å². The third kappa shape index (κ3) is 5.45. The molecule has 0 radical (unpaired) electrons. The average molecular weight is 511 g/mol. The number of benzene rings is 1. The minimum absolute atomic E-state index is 0.0484. The SMILES string of the molecule is CCOc1ccc([C@H](C)Nc2nc(CN3CCOCC3)nc3sc4c(c23)CC[C@@H](C)C4)cc1OCC. The molecule has 0 spiro atoms. The summed E-state index contributed by atoms with van der Waals surface area (Å²) in [6.45, 7) is 13.9. The molecule has 0 unspecified atom stereocenters. The van der Waals surface area contributed by atoms with Crippen LogP contribution in [-0.4, -0.2) is 54.4 Å². The third-order valence-corrected chi connectivity index (χ3v) is 8.24. The molecule has 2 aromatic heterocycles. The lowest BCUT2D eigenvalue weighted by atomic mass is 9.89. The highest BCUT2D eigenvalue weighted by molar-refractivity contribution is 7.19. The molecule has 1 saturated heterocycles. The lowest BCUT2D eigenvalue weighted by molar-refractivity contribution is 0.0331. The second kappa shape index (κ2) is 11.3. The van der Waals surface area contributed by atoms with Crippen LogP contribution in [0.3, 0.4) is 0 Å². The number of rotatable bonds is 9. The summed E-state index contributed by atoms with van der Waals surface area (Å²) in [7, 11) is 0. The minimum atomic E-state index is 0.0484. The lowest BCUT2D eigenvalue weighted by Gasteiger charge is -2.26. The van der Waals surface area contributed by atoms with Crippen molar-refractivity contribution in [3.8, 4) is 11.5 Å². The molecule has 194 valence electrons. The predicted octanol–water partition coefficient (Wildman–Crippen LogP) is 5.62. The van der Waals surface area contributed by atoms with E-state index < -0.39 is 0 Å². The summed E-state index contributed by atoms with van der Waals surface area (Å²) in [5.41, 5.74) is 2.59. The number of fused-ring (bicyclic) bond motifs is 3. The number of hydrogen-bond donors (Lipinski definition) is 1. The van der Waals surface area contributed by atoms with Gasteiger partial charge in [-0.05, 0) is 69.2 Å². The number of hydrogen-bond acceptors (Lipinski definition) is 8. The summed E-state index contributed by atoms with van der Waals surface area (Å²) in [4.78, 5) is 15.2. The van der Waals surface area contributed by atoms with Crippen LogP contribution in [0.5, 0.6) is 11.5 Å². The van der Waals surface area contributed by atoms with Gasteiger partial charge in [-0.15, -0.1) is 11.3 Å². The number of aromatic nitrogens is 2. The molecule has 8 heteroatoms. The van der Waals surface area contributed by atoms with E-state index in [-0.39, 0.29) is 6.04 Å². The fourth-order valence-corrected chi connectivity index (χ4v) is 6.55. The van der Waals surface area contributed by atoms with Gasteiger partial charge in [0.1, 0.15) is 16.5 Å². The zero-order valence-electron chi connectivity index (χ0n) is 21.9. The Morgan fingerprint density at radius 3 is 2.69 bits per heavy atom. The zero-order valence-corrected chi connectivity index (χ0v) is 22.7. The highest BCUT2D eigenvalue weighted by Crippen LogP contribution is 2.41. The number of anilines is 1. The largest absolute Gasteiger partial charge is 0.490 e. The Kier molecular flexibility index (Phi) is 7.93. The highest BCUT2D eigenvalue weighted by Gasteiger charge is 2.25. The van der Waals surface area contributed by atoms with Crippen LogP contribution < -0.4 is 14.8 Å². The molecule has 1 N–H and O–H groups in total. The Bertz CT molecular complexity index is 1190. The number of nitrogens with one attached hydrogen (secondary N) is 1. The van der Waals surface area contributed by atoms with Crippen molar-refractivity contribution in [3.63, 3.8) is 0 Å². The number of aryl methyl sites for hydroxylation is 1. The standard InChI is InChI=1S/C28H38N4O3S/c1-5-34-22-10-8-20(16-23(22)35-6-2)19(4)29-27-26-21-9-7-18(3)15-24(21)36-28(26)31-25(30-27)17-32-11-13-33-14-12-32/h8,10,16,18-19H,5-7,9,11-15,17H2,1-4H3,(H,29,30,31)/t18-,19+/m1/s1. The van der Waals surface area contributed by atoms with Gasteiger partial charge >= 0.3 is 0 Å². The molecule has 1 aliphatic heterocycles. The molecule has 1 aromatic carbocycles. The van der Waals surface area contributed by atoms with Crippen molar-refractivity contribution in [2.45, 2.75) is 59.5 Å². The Hall–Kier alpha value is -2.42. The molecule has 2 atom stereocenters. The second-order valence-corrected chi connectivity index (χ2v) is 10.9. The molecule has 3 aromatic rings. The van der Waals surface area contributed by atoms with E-state index in [0.717, 1.165) is 85.1 Å². The first-order chi connectivity index (χ1) is 17.6. The van der Waals surface area contributed by atoms with Crippen molar-refractivity contribution in [2.75, 3.05) is 44.8 Å². The van der Waals surface area contributed by atoms with E-state index >= 15 is 0 Å². The highest BCUT2D eigenvalue weighted by atomic mass is 32.1. The summed E-state index contributed by atoms with van der Waals surface area (Å²) in [5, 5.41) is 4.98. The predicted molar refractivity (Wildman–Crippen MR) is 146 cm³/mol. The normalized spacial score (nSPS) is 19.2. The quantitative estimate of drug-likeness (QED) is 0.401. The van der Waals surface area contributed by atoms with Crippen LogP contribution >= 0.6 is 11.3 Å². The van der Waals surface area contributed by atoms with Crippen LogP contribution in [0.4, 0.5) is 5.82 Å². The minimum Gasteiger partial charge on any atom is -0.490 e. The second-order valence-electron chi connectivity index (χ2n) is 9.85. The van der Waals surface area contributed by atoms with Gasteiger partial charge < -0.3 is 19.5 Å². The van der Waals surface area contributed by atoms with Crippen LogP contribution in [-0.2, 0) is 24.1 Å². The number of thiophene rings is 1. The summed E-state index contributed by atoms with van der Waals surface area (Å²) in [6, 6.07) is 6.26. The first-order valence-corrected chi connectivity index (χ1v) is 14.1. The number of ether oxygens (including phenoxy) is 3. The fraction of sp³-hybridized carbons (Fsp3) is 0.571. The molecule has 0 bridgehead atoms. The average Bonchev–Trinajstić information content (AvgIpc) is 3.23. The van der Waals surface area contributed by atoms with Crippen molar-refractivity contribution in [3.05, 3.63) is 40.0 Å². The number of nitrogens with zero attached hydrogens (tertiary/aromatic N) is 3. The summed E-state index contributed by atoms with van der Waals surface area (Å²) >= 11 is 1.86. The van der Waals surface area contributed by atoms with Gasteiger partial charge in [-0.3, -0.25) is 4.90 Å². The zero-order chi connectivity index (χ0) is 25.1. The van der Waals surface area contributed by atoms with E-state index in [4.69, 9.17) is 24.2 Å². The molecule has 36 heavy (non-hydrogen) atoms. The van der Waals surface area contributed by atoms with Crippen LogP contribution in [0.25, 0.3) is 10.2 Å². The molecule has 1 aliphatic carbocycles. The molecule has 0 amide bonds. The maximum Gasteiger partial charge on any atom is 0.161 e. The first-order valence-electron chi connectivity index (χ1n) is 13.3. The Labute approximate surface area is 218 Å². The van der Waals surface area contributed by atoms with Gasteiger partial charge in [0.25, 0.3) is 0 Å². The molecular formula is C28H38N4O3S. The number of morpholine rings is 1. The maximum absolute atomic E-state index is 5.88. The van der Waals surface area contributed by atoms with Gasteiger partial charge in [-0.1, -0.05) is 13.0 Å². The summed E-state index contributed by atoms with van der Waals surface area (Å²) in [5.74, 6) is 4.13. The molecule has 2 aliphatic rings. The van der Waals surface area contributed by atoms with Crippen LogP contribution in [0.1, 0.15) is 62.0 Å². The van der Waals surface area contributed by atoms with E-state index in [1.54, 1.807) is 0 Å². The molecular weight excluding hydrogens is 472 g/mol. The van der Waals surface area contributed by atoms with E-state index in [9.17, 15) is 0 Å². The third-order valence-electron chi connectivity index (χ3n) is 7.09. The van der Waals surface area contributed by atoms with Crippen molar-refractivity contribution in [1.29, 1.82) is 0 Å². The Morgan fingerprint density at radius 2 is 1.92 bits per heavy atom. The van der Waals surface area contributed by atoms with E-state index in [1.165, 1.54) is 22.2 Å². The van der Waals surface area contributed by atoms with Crippen LogP contribution in [0.15, 0.2) is 18.2 Å². The van der Waals surface area contributed by atoms with E-state index in [1.807, 2.05) is 31.3 Å². The molecule has 5 rings (SSSR count). The monoisotopic (exact) mass is 510 g/mol. The summed E-state index contributed by atoms with van der Waals surface area (Å²) < 4.78 is 17.2. The maximum atomic E-state index is 5.88. The fourth-order valence-electron chi connectivity index (χ4n) is 5.15. The van der Waals surface area contributed by atoms with Gasteiger partial charge in [0.15, 0.2) is 11.5 Å². The Balaban J connectivity index is 1.49. The lowest BCUT2D eigenvalue weighted by Crippen LogP contribution is -2.36. The summed E-state index contributed by atoms with van der Waals surface area (Å²) in [6.07, 6.45) is 3.46. The van der Waals surface area contributed by atoms with Gasteiger partial charge in [0.05, 0.1) is 44.4 Å². The van der Waals surface area contributed by atoms with Crippen LogP contribution in [0, 0.1) is 5.92 Å². The smallest absolute Gasteiger partial charge is 0.161 e. The van der Waals surface area contributed by atoms with Crippen molar-refractivity contribution in [1.82, 2.24) is 14.9 Å². The van der Waals surface area contributed by atoms with Crippen molar-refractivity contribution >= 4 is 27.4 Å². The van der Waals surface area contributed by atoms with E-state index in [2.05, 4.69) is 36.2 Å². The molecule has 1 fully saturated rings. The van der Waals surface area contributed by atoms with Gasteiger partial charge in [0, 0.05) is 18.0 Å². The van der Waals surface area contributed by atoms with Crippen molar-refractivity contribution < 1.29 is 14.2 Å². The van der Waals surface area contributed by atoms with Gasteiger partial charge in [-0.25, -0.2) is 9.97 Å². The topological polar surface area (TPSA) is 68.7 Å².